The van der Waals surface area contributed by atoms with Gasteiger partial charge in [0.2, 0.25) is 0 Å². The van der Waals surface area contributed by atoms with Crippen molar-refractivity contribution in [2.24, 2.45) is 0 Å². The Bertz CT molecular complexity index is 779. The fourth-order valence-corrected chi connectivity index (χ4v) is 3.20. The van der Waals surface area contributed by atoms with Gasteiger partial charge in [0, 0.05) is 22.6 Å². The zero-order chi connectivity index (χ0) is 19.1. The Morgan fingerprint density at radius 1 is 1.35 bits per heavy atom. The van der Waals surface area contributed by atoms with Crippen molar-refractivity contribution in [3.8, 4) is 0 Å². The molecule has 8 heteroatoms. The molecule has 2 aromatic rings. The topological polar surface area (TPSA) is 71.5 Å². The number of hydrogen-bond acceptors (Lipinski definition) is 5. The first-order chi connectivity index (χ1) is 12.4. The molecule has 0 spiro atoms. The number of hydrogen-bond donors (Lipinski definition) is 1. The van der Waals surface area contributed by atoms with E-state index in [1.807, 2.05) is 26.0 Å². The van der Waals surface area contributed by atoms with Gasteiger partial charge in [0.25, 0.3) is 0 Å². The first-order valence-electron chi connectivity index (χ1n) is 8.38. The molecule has 1 aromatic carbocycles. The van der Waals surface area contributed by atoms with Gasteiger partial charge in [-0.2, -0.15) is 0 Å². The second kappa shape index (κ2) is 9.54. The highest BCUT2D eigenvalue weighted by Gasteiger charge is 2.18. The number of halogens is 1. The third-order valence-electron chi connectivity index (χ3n) is 3.57. The fourth-order valence-electron chi connectivity index (χ4n) is 2.24. The number of benzene rings is 1. The lowest BCUT2D eigenvalue weighted by Crippen LogP contribution is -2.35. The predicted molar refractivity (Wildman–Crippen MR) is 104 cm³/mol. The van der Waals surface area contributed by atoms with E-state index in [2.05, 4.69) is 10.3 Å². The van der Waals surface area contributed by atoms with Gasteiger partial charge in [-0.1, -0.05) is 24.6 Å². The maximum Gasteiger partial charge on any atom is 0.357 e. The summed E-state index contributed by atoms with van der Waals surface area (Å²) in [5, 5.41) is 5.78. The van der Waals surface area contributed by atoms with Crippen LogP contribution >= 0.6 is 22.9 Å². The molecule has 0 aliphatic carbocycles. The van der Waals surface area contributed by atoms with Crippen molar-refractivity contribution >= 4 is 40.6 Å². The molecule has 1 heterocycles. The number of carbonyl (C=O) groups is 2. The van der Waals surface area contributed by atoms with Gasteiger partial charge in [0.05, 0.1) is 13.2 Å². The monoisotopic (exact) mass is 395 g/mol. The van der Waals surface area contributed by atoms with Gasteiger partial charge in [-0.15, -0.1) is 11.3 Å². The molecule has 0 aliphatic heterocycles. The molecule has 26 heavy (non-hydrogen) atoms. The number of urea groups is 1. The number of nitrogens with zero attached hydrogens (tertiary/aromatic N) is 2. The second-order valence-corrected chi connectivity index (χ2v) is 7.01. The van der Waals surface area contributed by atoms with Gasteiger partial charge in [-0.05, 0) is 38.0 Å². The number of ether oxygens (including phenoxy) is 1. The smallest absolute Gasteiger partial charge is 0.357 e. The third-order valence-corrected chi connectivity index (χ3v) is 4.81. The highest BCUT2D eigenvalue weighted by atomic mass is 35.5. The number of aromatic nitrogens is 1. The molecular weight excluding hydrogens is 374 g/mol. The molecule has 1 aromatic heterocycles. The molecule has 0 aliphatic rings. The minimum atomic E-state index is -0.448. The van der Waals surface area contributed by atoms with Crippen molar-refractivity contribution in [3.63, 3.8) is 0 Å². The van der Waals surface area contributed by atoms with Crippen molar-refractivity contribution in [3.05, 3.63) is 44.9 Å². The minimum Gasteiger partial charge on any atom is -0.461 e. The van der Waals surface area contributed by atoms with Crippen LogP contribution in [0.1, 0.15) is 41.3 Å². The highest BCUT2D eigenvalue weighted by molar-refractivity contribution is 7.09. The third kappa shape index (κ3) is 5.44. The van der Waals surface area contributed by atoms with Crippen LogP contribution in [0.4, 0.5) is 10.5 Å². The zero-order valence-electron chi connectivity index (χ0n) is 15.0. The summed E-state index contributed by atoms with van der Waals surface area (Å²) in [7, 11) is 0. The fraction of sp³-hybridized carbons (Fsp3) is 0.389. The Labute approximate surface area is 162 Å². The molecule has 0 atom stereocenters. The average Bonchev–Trinajstić information content (AvgIpc) is 3.07. The lowest BCUT2D eigenvalue weighted by Gasteiger charge is -2.21. The lowest BCUT2D eigenvalue weighted by atomic mass is 10.2. The first kappa shape index (κ1) is 20.2. The molecule has 0 unspecified atom stereocenters. The SMILES string of the molecule is CCCN(Cc1nc(C(=O)OCC)cs1)C(=O)Nc1ccc(C)c(Cl)c1. The minimum absolute atomic E-state index is 0.236. The molecule has 6 nitrogen and oxygen atoms in total. The first-order valence-corrected chi connectivity index (χ1v) is 9.64. The number of thiazole rings is 1. The van der Waals surface area contributed by atoms with E-state index >= 15 is 0 Å². The van der Waals surface area contributed by atoms with Gasteiger partial charge < -0.3 is 15.0 Å². The Balaban J connectivity index is 2.06. The van der Waals surface area contributed by atoms with Crippen molar-refractivity contribution in [1.29, 1.82) is 0 Å². The van der Waals surface area contributed by atoms with Crippen LogP contribution in [-0.4, -0.2) is 35.0 Å². The number of aryl methyl sites for hydroxylation is 1. The highest BCUT2D eigenvalue weighted by Crippen LogP contribution is 2.21. The lowest BCUT2D eigenvalue weighted by molar-refractivity contribution is 0.0520. The van der Waals surface area contributed by atoms with Gasteiger partial charge >= 0.3 is 12.0 Å². The van der Waals surface area contributed by atoms with Crippen molar-refractivity contribution in [1.82, 2.24) is 9.88 Å². The number of rotatable bonds is 7. The maximum atomic E-state index is 12.6. The molecule has 1 N–H and O–H groups in total. The number of amides is 2. The van der Waals surface area contributed by atoms with E-state index in [-0.39, 0.29) is 11.7 Å². The van der Waals surface area contributed by atoms with E-state index < -0.39 is 5.97 Å². The summed E-state index contributed by atoms with van der Waals surface area (Å²) in [6.45, 7) is 6.84. The zero-order valence-corrected chi connectivity index (χ0v) is 16.6. The van der Waals surface area contributed by atoms with E-state index in [9.17, 15) is 9.59 Å². The van der Waals surface area contributed by atoms with Crippen LogP contribution < -0.4 is 5.32 Å². The van der Waals surface area contributed by atoms with E-state index in [1.54, 1.807) is 23.3 Å². The summed E-state index contributed by atoms with van der Waals surface area (Å²) in [5.74, 6) is -0.448. The normalized spacial score (nSPS) is 10.5. The van der Waals surface area contributed by atoms with Crippen LogP contribution in [-0.2, 0) is 11.3 Å². The van der Waals surface area contributed by atoms with Crippen molar-refractivity contribution in [2.75, 3.05) is 18.5 Å². The Kier molecular flexibility index (Phi) is 7.41. The molecule has 2 amide bonds. The summed E-state index contributed by atoms with van der Waals surface area (Å²) in [4.78, 5) is 30.2. The molecule has 140 valence electrons. The van der Waals surface area contributed by atoms with Gasteiger partial charge in [-0.3, -0.25) is 0 Å². The van der Waals surface area contributed by atoms with E-state index in [0.717, 1.165) is 12.0 Å². The number of esters is 1. The number of anilines is 1. The number of carbonyl (C=O) groups excluding carboxylic acids is 2. The standard InChI is InChI=1S/C18H22ClN3O3S/c1-4-8-22(10-16-21-15(11-26-16)17(23)25-5-2)18(24)20-13-7-6-12(3)14(19)9-13/h6-7,9,11H,4-5,8,10H2,1-3H3,(H,20,24). The molecule has 0 fully saturated rings. The van der Waals surface area contributed by atoms with Crippen LogP contribution in [0.5, 0.6) is 0 Å². The van der Waals surface area contributed by atoms with Crippen LogP contribution in [0.3, 0.4) is 0 Å². The molecule has 0 saturated heterocycles. The molecule has 2 rings (SSSR count). The van der Waals surface area contributed by atoms with Gasteiger partial charge in [0.15, 0.2) is 5.69 Å². The van der Waals surface area contributed by atoms with Crippen LogP contribution in [0, 0.1) is 6.92 Å². The van der Waals surface area contributed by atoms with Crippen LogP contribution in [0.2, 0.25) is 5.02 Å². The maximum absolute atomic E-state index is 12.6. The summed E-state index contributed by atoms with van der Waals surface area (Å²) in [6, 6.07) is 5.15. The summed E-state index contributed by atoms with van der Waals surface area (Å²) < 4.78 is 4.94. The summed E-state index contributed by atoms with van der Waals surface area (Å²) in [5.41, 5.74) is 1.86. The van der Waals surface area contributed by atoms with E-state index in [0.29, 0.717) is 35.4 Å². The van der Waals surface area contributed by atoms with E-state index in [4.69, 9.17) is 16.3 Å². The number of nitrogens with one attached hydrogen (secondary N) is 1. The Morgan fingerprint density at radius 2 is 2.12 bits per heavy atom. The van der Waals surface area contributed by atoms with Gasteiger partial charge in [-0.25, -0.2) is 14.6 Å². The molecule has 0 saturated carbocycles. The average molecular weight is 396 g/mol. The molecular formula is C18H22ClN3O3S. The van der Waals surface area contributed by atoms with Crippen LogP contribution in [0.15, 0.2) is 23.6 Å². The van der Waals surface area contributed by atoms with Crippen molar-refractivity contribution in [2.45, 2.75) is 33.7 Å². The largest absolute Gasteiger partial charge is 0.461 e. The van der Waals surface area contributed by atoms with Gasteiger partial charge in [0.1, 0.15) is 5.01 Å². The Morgan fingerprint density at radius 3 is 2.77 bits per heavy atom. The summed E-state index contributed by atoms with van der Waals surface area (Å²) >= 11 is 7.44. The van der Waals surface area contributed by atoms with Crippen molar-refractivity contribution < 1.29 is 14.3 Å². The van der Waals surface area contributed by atoms with Crippen LogP contribution in [0.25, 0.3) is 0 Å². The predicted octanol–water partition coefficient (Wildman–Crippen LogP) is 4.73. The molecule has 0 bridgehead atoms. The quantitative estimate of drug-likeness (QED) is 0.688. The molecule has 0 radical (unpaired) electrons. The van der Waals surface area contributed by atoms with E-state index in [1.165, 1.54) is 11.3 Å². The second-order valence-electron chi connectivity index (χ2n) is 5.66. The summed E-state index contributed by atoms with van der Waals surface area (Å²) in [6.07, 6.45) is 0.804. The Hall–Kier alpha value is -2.12.